The van der Waals surface area contributed by atoms with E-state index < -0.39 is 34.5 Å². The van der Waals surface area contributed by atoms with Crippen molar-refractivity contribution < 1.29 is 28.6 Å². The fraction of sp³-hybridized carbons (Fsp3) is 0.560. The minimum atomic E-state index is -1.32. The molecule has 2 atom stereocenters. The molecule has 1 aliphatic carbocycles. The molecular weight excluding hydrogens is 457 g/mol. The van der Waals surface area contributed by atoms with E-state index in [1.54, 1.807) is 31.4 Å². The number of carboxylic acids is 1. The Morgan fingerprint density at radius 1 is 1.29 bits per heavy atom. The summed E-state index contributed by atoms with van der Waals surface area (Å²) < 4.78 is 28.6. The molecule has 35 heavy (non-hydrogen) atoms. The maximum atomic E-state index is 15.4. The molecule has 3 heterocycles. The van der Waals surface area contributed by atoms with Gasteiger partial charge in [-0.05, 0) is 52.2 Å². The predicted molar refractivity (Wildman–Crippen MR) is 127 cm³/mol. The van der Waals surface area contributed by atoms with Crippen LogP contribution in [0.25, 0.3) is 10.9 Å². The number of nitrogens with zero attached hydrogens (tertiary/aromatic N) is 2. The highest BCUT2D eigenvalue weighted by molar-refractivity contribution is 5.93. The number of carboxylic acid groups (broad SMARTS) is 1. The van der Waals surface area contributed by atoms with Crippen LogP contribution in [0.5, 0.6) is 0 Å². The van der Waals surface area contributed by atoms with Gasteiger partial charge < -0.3 is 29.4 Å². The number of aromatic carboxylic acids is 1. The van der Waals surface area contributed by atoms with Crippen LogP contribution in [0.15, 0.2) is 23.1 Å². The van der Waals surface area contributed by atoms with Crippen LogP contribution in [-0.4, -0.2) is 59.2 Å². The lowest BCUT2D eigenvalue weighted by molar-refractivity contribution is -0.000269. The van der Waals surface area contributed by atoms with Crippen LogP contribution < -0.4 is 15.6 Å². The van der Waals surface area contributed by atoms with Gasteiger partial charge >= 0.3 is 12.1 Å². The van der Waals surface area contributed by atoms with Gasteiger partial charge in [0.25, 0.3) is 0 Å². The minimum absolute atomic E-state index is 0.0648. The van der Waals surface area contributed by atoms with E-state index in [0.29, 0.717) is 30.9 Å². The van der Waals surface area contributed by atoms with Gasteiger partial charge in [0, 0.05) is 43.2 Å². The molecular formula is C25H30FN3O6. The largest absolute Gasteiger partial charge is 0.477 e. The van der Waals surface area contributed by atoms with Gasteiger partial charge in [-0.1, -0.05) is 0 Å². The Kier molecular flexibility index (Phi) is 5.54. The summed E-state index contributed by atoms with van der Waals surface area (Å²) in [6.07, 6.45) is 3.39. The molecule has 1 amide bonds. The van der Waals surface area contributed by atoms with Crippen LogP contribution in [0.4, 0.5) is 14.9 Å². The third kappa shape index (κ3) is 4.35. The molecule has 188 valence electrons. The molecule has 3 aliphatic rings. The summed E-state index contributed by atoms with van der Waals surface area (Å²) in [5.41, 5.74) is -1.46. The lowest BCUT2D eigenvalue weighted by Crippen LogP contribution is -2.49. The number of ether oxygens (including phenoxy) is 2. The summed E-state index contributed by atoms with van der Waals surface area (Å²) in [4.78, 5) is 38.5. The van der Waals surface area contributed by atoms with Crippen LogP contribution in [0.2, 0.25) is 0 Å². The van der Waals surface area contributed by atoms with E-state index in [-0.39, 0.29) is 29.5 Å². The first kappa shape index (κ1) is 23.6. The quantitative estimate of drug-likeness (QED) is 0.666. The molecule has 1 saturated carbocycles. The zero-order chi connectivity index (χ0) is 25.1. The van der Waals surface area contributed by atoms with Gasteiger partial charge in [-0.15, -0.1) is 0 Å². The van der Waals surface area contributed by atoms with Crippen molar-refractivity contribution in [2.45, 2.75) is 57.3 Å². The molecule has 9 nitrogen and oxygen atoms in total. The fourth-order valence-electron chi connectivity index (χ4n) is 5.25. The molecule has 2 aromatic rings. The van der Waals surface area contributed by atoms with Crippen LogP contribution in [-0.2, 0) is 9.47 Å². The summed E-state index contributed by atoms with van der Waals surface area (Å²) in [7, 11) is 0. The average molecular weight is 488 g/mol. The second-order valence-electron chi connectivity index (χ2n) is 10.8. The maximum absolute atomic E-state index is 15.4. The molecule has 1 aromatic carbocycles. The van der Waals surface area contributed by atoms with Crippen molar-refractivity contribution in [2.24, 2.45) is 5.92 Å². The highest BCUT2D eigenvalue weighted by atomic mass is 19.1. The Morgan fingerprint density at radius 2 is 2.03 bits per heavy atom. The summed E-state index contributed by atoms with van der Waals surface area (Å²) in [5, 5.41) is 12.3. The Hall–Kier alpha value is -3.14. The number of hydrogen-bond donors (Lipinski definition) is 2. The van der Waals surface area contributed by atoms with Crippen LogP contribution >= 0.6 is 0 Å². The third-order valence-electron chi connectivity index (χ3n) is 7.04. The summed E-state index contributed by atoms with van der Waals surface area (Å²) >= 11 is 0. The zero-order valence-electron chi connectivity index (χ0n) is 20.1. The first-order chi connectivity index (χ1) is 16.5. The molecule has 10 heteroatoms. The topological polar surface area (TPSA) is 110 Å². The van der Waals surface area contributed by atoms with Gasteiger partial charge in [-0.3, -0.25) is 4.79 Å². The van der Waals surface area contributed by atoms with Gasteiger partial charge in [0.2, 0.25) is 5.43 Å². The van der Waals surface area contributed by atoms with Gasteiger partial charge in [-0.2, -0.15) is 0 Å². The number of amides is 1. The number of anilines is 1. The molecule has 3 fully saturated rings. The van der Waals surface area contributed by atoms with E-state index in [4.69, 9.17) is 9.47 Å². The van der Waals surface area contributed by atoms with Gasteiger partial charge in [-0.25, -0.2) is 14.0 Å². The second-order valence-corrected chi connectivity index (χ2v) is 10.8. The molecule has 5 rings (SSSR count). The van der Waals surface area contributed by atoms with Gasteiger partial charge in [0.1, 0.15) is 22.6 Å². The Labute approximate surface area is 201 Å². The van der Waals surface area contributed by atoms with E-state index in [1.807, 2.05) is 4.90 Å². The number of hydrogen-bond acceptors (Lipinski definition) is 6. The zero-order valence-corrected chi connectivity index (χ0v) is 20.1. The van der Waals surface area contributed by atoms with E-state index in [2.05, 4.69) is 5.32 Å². The molecule has 0 spiro atoms. The molecule has 2 saturated heterocycles. The first-order valence-electron chi connectivity index (χ1n) is 11.9. The third-order valence-corrected chi connectivity index (χ3v) is 7.04. The van der Waals surface area contributed by atoms with Crippen molar-refractivity contribution >= 4 is 28.7 Å². The molecule has 2 unspecified atom stereocenters. The standard InChI is InChI=1S/C25H30FN3O6/c1-24(2,3)35-23(33)27-12-25-13-28(10-14(25)6-7-34-25)20-9-19-16(8-18(20)26)21(30)17(22(31)32)11-29(19)15-4-5-15/h8-9,11,14-15H,4-7,10,12-13H2,1-3H3,(H,27,33)(H,31,32). The van der Waals surface area contributed by atoms with Gasteiger partial charge in [0.05, 0.1) is 17.7 Å². The summed E-state index contributed by atoms with van der Waals surface area (Å²) in [5.74, 6) is -1.82. The Balaban J connectivity index is 1.46. The number of nitrogens with one attached hydrogen (secondary N) is 1. The first-order valence-corrected chi connectivity index (χ1v) is 11.9. The lowest BCUT2D eigenvalue weighted by Gasteiger charge is -2.29. The number of aromatic nitrogens is 1. The van der Waals surface area contributed by atoms with Crippen molar-refractivity contribution in [3.63, 3.8) is 0 Å². The predicted octanol–water partition coefficient (Wildman–Crippen LogP) is 3.29. The van der Waals surface area contributed by atoms with Crippen molar-refractivity contribution in [2.75, 3.05) is 31.1 Å². The number of carbonyl (C=O) groups excluding carboxylic acids is 1. The minimum Gasteiger partial charge on any atom is -0.477 e. The van der Waals surface area contributed by atoms with Gasteiger partial charge in [0.15, 0.2) is 0 Å². The van der Waals surface area contributed by atoms with E-state index in [1.165, 1.54) is 6.20 Å². The van der Waals surface area contributed by atoms with E-state index in [9.17, 15) is 19.5 Å². The summed E-state index contributed by atoms with van der Waals surface area (Å²) in [6, 6.07) is 2.89. The summed E-state index contributed by atoms with van der Waals surface area (Å²) in [6.45, 7) is 7.09. The van der Waals surface area contributed by atoms with Crippen molar-refractivity contribution in [1.29, 1.82) is 0 Å². The smallest absolute Gasteiger partial charge is 0.407 e. The molecule has 2 aliphatic heterocycles. The fourth-order valence-corrected chi connectivity index (χ4v) is 5.25. The normalized spacial score (nSPS) is 24.0. The molecule has 0 bridgehead atoms. The van der Waals surface area contributed by atoms with Crippen LogP contribution in [0.3, 0.4) is 0 Å². The number of pyridine rings is 1. The Bertz CT molecular complexity index is 1260. The molecule has 1 aromatic heterocycles. The average Bonchev–Trinajstić information content (AvgIpc) is 3.43. The number of carbonyl (C=O) groups is 2. The second kappa shape index (κ2) is 8.22. The SMILES string of the molecule is CC(C)(C)OC(=O)NCC12CN(c3cc4c(cc3F)c(=O)c(C(=O)O)cn4C3CC3)CC1CCO2. The highest BCUT2D eigenvalue weighted by Gasteiger charge is 2.51. The maximum Gasteiger partial charge on any atom is 0.407 e. The highest BCUT2D eigenvalue weighted by Crippen LogP contribution is 2.43. The number of fused-ring (bicyclic) bond motifs is 2. The van der Waals surface area contributed by atoms with Crippen LogP contribution in [0.1, 0.15) is 56.4 Å². The van der Waals surface area contributed by atoms with Crippen molar-refractivity contribution in [1.82, 2.24) is 9.88 Å². The van der Waals surface area contributed by atoms with Crippen molar-refractivity contribution in [3.05, 3.63) is 39.9 Å². The Morgan fingerprint density at radius 3 is 2.69 bits per heavy atom. The molecule has 2 N–H and O–H groups in total. The number of benzene rings is 1. The monoisotopic (exact) mass is 487 g/mol. The molecule has 0 radical (unpaired) electrons. The number of rotatable bonds is 5. The number of alkyl carbamates (subject to hydrolysis) is 1. The van der Waals surface area contributed by atoms with Crippen LogP contribution in [0, 0.1) is 11.7 Å². The van der Waals surface area contributed by atoms with E-state index in [0.717, 1.165) is 25.3 Å². The lowest BCUT2D eigenvalue weighted by atomic mass is 9.91. The number of halogens is 1. The van der Waals surface area contributed by atoms with Crippen molar-refractivity contribution in [3.8, 4) is 0 Å². The van der Waals surface area contributed by atoms with E-state index >= 15 is 4.39 Å².